The number of nitrogens with zero attached hydrogens (tertiary/aromatic N) is 1. The third kappa shape index (κ3) is 3.46. The molecule has 1 spiro atoms. The highest BCUT2D eigenvalue weighted by Gasteiger charge is 2.53. The van der Waals surface area contributed by atoms with Crippen LogP contribution in [0.15, 0.2) is 0 Å². The van der Waals surface area contributed by atoms with E-state index in [1.54, 1.807) is 0 Å². The van der Waals surface area contributed by atoms with Crippen molar-refractivity contribution in [3.8, 4) is 0 Å². The second-order valence-corrected chi connectivity index (χ2v) is 11.1. The zero-order valence-corrected chi connectivity index (χ0v) is 17.7. The lowest BCUT2D eigenvalue weighted by Crippen LogP contribution is -2.50. The molecular formula is C23H35N3O3. The van der Waals surface area contributed by atoms with E-state index in [4.69, 9.17) is 0 Å². The van der Waals surface area contributed by atoms with Gasteiger partial charge in [-0.05, 0) is 99.7 Å². The van der Waals surface area contributed by atoms with Gasteiger partial charge in [0.15, 0.2) is 0 Å². The van der Waals surface area contributed by atoms with Crippen LogP contribution < -0.4 is 10.6 Å². The number of amides is 4. The normalized spacial score (nSPS) is 43.1. The predicted molar refractivity (Wildman–Crippen MR) is 109 cm³/mol. The Morgan fingerprint density at radius 3 is 2.24 bits per heavy atom. The molecule has 0 unspecified atom stereocenters. The minimum absolute atomic E-state index is 0.150. The van der Waals surface area contributed by atoms with E-state index in [-0.39, 0.29) is 18.4 Å². The molecule has 1 saturated heterocycles. The molecule has 6 rings (SSSR count). The Morgan fingerprint density at radius 1 is 1.07 bits per heavy atom. The summed E-state index contributed by atoms with van der Waals surface area (Å²) >= 11 is 0. The molecule has 5 saturated carbocycles. The van der Waals surface area contributed by atoms with Gasteiger partial charge in [-0.15, -0.1) is 0 Å². The van der Waals surface area contributed by atoms with E-state index in [1.165, 1.54) is 38.5 Å². The fourth-order valence-electron chi connectivity index (χ4n) is 7.68. The van der Waals surface area contributed by atoms with Crippen LogP contribution in [0.3, 0.4) is 0 Å². The highest BCUT2D eigenvalue weighted by atomic mass is 16.2. The summed E-state index contributed by atoms with van der Waals surface area (Å²) in [7, 11) is 0. The number of rotatable bonds is 5. The molecule has 1 heterocycles. The van der Waals surface area contributed by atoms with Gasteiger partial charge in [0.1, 0.15) is 12.1 Å². The van der Waals surface area contributed by atoms with Gasteiger partial charge in [0, 0.05) is 6.54 Å². The second kappa shape index (κ2) is 6.98. The van der Waals surface area contributed by atoms with Crippen molar-refractivity contribution >= 4 is 17.8 Å². The topological polar surface area (TPSA) is 78.5 Å². The van der Waals surface area contributed by atoms with Crippen molar-refractivity contribution in [2.45, 2.75) is 83.1 Å². The van der Waals surface area contributed by atoms with Crippen molar-refractivity contribution in [2.24, 2.45) is 29.1 Å². The molecule has 6 aliphatic rings. The Morgan fingerprint density at radius 2 is 1.66 bits per heavy atom. The largest absolute Gasteiger partial charge is 0.355 e. The van der Waals surface area contributed by atoms with Crippen LogP contribution in [0.2, 0.25) is 0 Å². The van der Waals surface area contributed by atoms with E-state index in [0.717, 1.165) is 41.9 Å². The van der Waals surface area contributed by atoms with Crippen LogP contribution in [-0.4, -0.2) is 41.4 Å². The molecule has 6 nitrogen and oxygen atoms in total. The summed E-state index contributed by atoms with van der Waals surface area (Å²) in [4.78, 5) is 38.9. The smallest absolute Gasteiger partial charge is 0.325 e. The molecule has 0 aromatic rings. The molecule has 0 aromatic heterocycles. The zero-order chi connectivity index (χ0) is 20.2. The van der Waals surface area contributed by atoms with Gasteiger partial charge in [-0.2, -0.15) is 0 Å². The number of hydrogen-bond donors (Lipinski definition) is 2. The quantitative estimate of drug-likeness (QED) is 0.695. The first-order valence-corrected chi connectivity index (χ1v) is 11.8. The van der Waals surface area contributed by atoms with E-state index in [9.17, 15) is 14.4 Å². The van der Waals surface area contributed by atoms with Gasteiger partial charge in [-0.1, -0.05) is 6.92 Å². The first-order valence-electron chi connectivity index (χ1n) is 11.8. The molecule has 0 radical (unpaired) electrons. The first-order chi connectivity index (χ1) is 13.9. The molecule has 6 fully saturated rings. The lowest BCUT2D eigenvalue weighted by Gasteiger charge is -2.57. The van der Waals surface area contributed by atoms with Crippen molar-refractivity contribution in [3.63, 3.8) is 0 Å². The third-order valence-corrected chi connectivity index (χ3v) is 8.82. The van der Waals surface area contributed by atoms with Gasteiger partial charge in [0.2, 0.25) is 5.91 Å². The zero-order valence-electron chi connectivity index (χ0n) is 17.7. The highest BCUT2D eigenvalue weighted by molar-refractivity contribution is 6.09. The number of urea groups is 1. The molecule has 29 heavy (non-hydrogen) atoms. The molecule has 0 aromatic carbocycles. The Labute approximate surface area is 173 Å². The lowest BCUT2D eigenvalue weighted by atomic mass is 9.49. The van der Waals surface area contributed by atoms with E-state index < -0.39 is 11.6 Å². The summed E-state index contributed by atoms with van der Waals surface area (Å²) in [5.74, 6) is 2.92. The number of carbonyl (C=O) groups is 3. The molecule has 0 atom stereocenters. The van der Waals surface area contributed by atoms with Crippen LogP contribution >= 0.6 is 0 Å². The highest BCUT2D eigenvalue weighted by Crippen LogP contribution is 2.61. The van der Waals surface area contributed by atoms with E-state index in [1.807, 2.05) is 0 Å². The predicted octanol–water partition coefficient (Wildman–Crippen LogP) is 3.21. The van der Waals surface area contributed by atoms with Crippen LogP contribution in [0.1, 0.15) is 77.6 Å². The number of nitrogens with one attached hydrogen (secondary N) is 2. The van der Waals surface area contributed by atoms with Gasteiger partial charge >= 0.3 is 6.03 Å². The van der Waals surface area contributed by atoms with Crippen molar-refractivity contribution in [3.05, 3.63) is 0 Å². The second-order valence-electron chi connectivity index (χ2n) is 11.1. The summed E-state index contributed by atoms with van der Waals surface area (Å²) in [5, 5.41) is 5.91. The maximum atomic E-state index is 12.9. The van der Waals surface area contributed by atoms with Crippen LogP contribution in [0, 0.1) is 29.1 Å². The summed E-state index contributed by atoms with van der Waals surface area (Å²) in [5.41, 5.74) is -0.325. The molecule has 4 amide bonds. The lowest BCUT2D eigenvalue weighted by molar-refractivity contribution is -0.136. The van der Waals surface area contributed by atoms with Gasteiger partial charge < -0.3 is 10.6 Å². The van der Waals surface area contributed by atoms with E-state index >= 15 is 0 Å². The standard InChI is InChI=1S/C23H35N3O3/c1-15-2-4-23(5-3-15)20(28)26(21(29)25-23)14-19(27)24-7-6-22-11-16-8-17(12-22)10-18(9-16)13-22/h15-18H,2-14H2,1H3,(H,24,27)(H,25,29). The Kier molecular flexibility index (Phi) is 4.67. The Bertz CT molecular complexity index is 675. The van der Waals surface area contributed by atoms with Gasteiger partial charge in [0.05, 0.1) is 0 Å². The molecule has 6 heteroatoms. The van der Waals surface area contributed by atoms with E-state index in [0.29, 0.717) is 30.7 Å². The van der Waals surface area contributed by atoms with Crippen LogP contribution in [0.5, 0.6) is 0 Å². The summed E-state index contributed by atoms with van der Waals surface area (Å²) < 4.78 is 0. The van der Waals surface area contributed by atoms with Crippen molar-refractivity contribution in [1.29, 1.82) is 0 Å². The number of carbonyl (C=O) groups excluding carboxylic acids is 3. The van der Waals surface area contributed by atoms with Crippen molar-refractivity contribution < 1.29 is 14.4 Å². The molecule has 1 aliphatic heterocycles. The molecule has 5 aliphatic carbocycles. The molecule has 160 valence electrons. The van der Waals surface area contributed by atoms with Gasteiger partial charge in [-0.25, -0.2) is 4.79 Å². The minimum atomic E-state index is -0.761. The van der Waals surface area contributed by atoms with Crippen LogP contribution in [0.25, 0.3) is 0 Å². The first kappa shape index (κ1) is 19.4. The summed E-state index contributed by atoms with van der Waals surface area (Å²) in [6.07, 6.45) is 12.6. The Balaban J connectivity index is 1.13. The average molecular weight is 402 g/mol. The van der Waals surface area contributed by atoms with Crippen LogP contribution in [0.4, 0.5) is 4.79 Å². The maximum Gasteiger partial charge on any atom is 0.325 e. The average Bonchev–Trinajstić information content (AvgIpc) is 2.87. The fourth-order valence-corrected chi connectivity index (χ4v) is 7.68. The Hall–Kier alpha value is -1.59. The van der Waals surface area contributed by atoms with Crippen molar-refractivity contribution in [1.82, 2.24) is 15.5 Å². The summed E-state index contributed by atoms with van der Waals surface area (Å²) in [6, 6.07) is -0.402. The molecule has 2 N–H and O–H groups in total. The SMILES string of the molecule is CC1CCC2(CC1)NC(=O)N(CC(=O)NCCC13CC4CC(CC(C4)C1)C3)C2=O. The molecular weight excluding hydrogens is 366 g/mol. The molecule has 4 bridgehead atoms. The van der Waals surface area contributed by atoms with E-state index in [2.05, 4.69) is 17.6 Å². The summed E-state index contributed by atoms with van der Waals surface area (Å²) in [6.45, 7) is 2.70. The maximum absolute atomic E-state index is 12.9. The number of imide groups is 1. The van der Waals surface area contributed by atoms with Gasteiger partial charge in [0.25, 0.3) is 5.91 Å². The fraction of sp³-hybridized carbons (Fsp3) is 0.870. The monoisotopic (exact) mass is 401 g/mol. The number of hydrogen-bond acceptors (Lipinski definition) is 3. The van der Waals surface area contributed by atoms with Crippen LogP contribution in [-0.2, 0) is 9.59 Å². The third-order valence-electron chi connectivity index (χ3n) is 8.82. The van der Waals surface area contributed by atoms with Gasteiger partial charge in [-0.3, -0.25) is 14.5 Å². The minimum Gasteiger partial charge on any atom is -0.355 e. The van der Waals surface area contributed by atoms with Crippen molar-refractivity contribution in [2.75, 3.05) is 13.1 Å².